The summed E-state index contributed by atoms with van der Waals surface area (Å²) in [7, 11) is 0. The Labute approximate surface area is 89.1 Å². The molecule has 1 unspecified atom stereocenters. The van der Waals surface area contributed by atoms with Gasteiger partial charge in [0.15, 0.2) is 0 Å². The number of carboxylic acid groups (broad SMARTS) is 1. The van der Waals surface area contributed by atoms with Crippen molar-refractivity contribution >= 4 is 11.7 Å². The topological polar surface area (TPSA) is 101 Å². The second-order valence-electron chi connectivity index (χ2n) is 3.07. The summed E-state index contributed by atoms with van der Waals surface area (Å²) in [5.74, 6) is -2.10. The van der Waals surface area contributed by atoms with Crippen LogP contribution in [0.2, 0.25) is 0 Å². The molecule has 1 aromatic carbocycles. The summed E-state index contributed by atoms with van der Waals surface area (Å²) in [6, 6.07) is 2.51. The first-order valence-electron chi connectivity index (χ1n) is 4.25. The van der Waals surface area contributed by atoms with Crippen LogP contribution < -0.4 is 0 Å². The molecule has 0 heterocycles. The van der Waals surface area contributed by atoms with Crippen molar-refractivity contribution in [1.82, 2.24) is 0 Å². The number of hydrogen-bond donors (Lipinski definition) is 2. The first kappa shape index (κ1) is 12.1. The molecule has 0 saturated carbocycles. The number of nitrogens with zero attached hydrogens (tertiary/aromatic N) is 1. The van der Waals surface area contributed by atoms with Crippen LogP contribution in [0.1, 0.15) is 18.1 Å². The fraction of sp³-hybridized carbons (Fsp3) is 0.222. The van der Waals surface area contributed by atoms with Gasteiger partial charge in [-0.1, -0.05) is 0 Å². The van der Waals surface area contributed by atoms with Crippen molar-refractivity contribution in [3.05, 3.63) is 39.7 Å². The van der Waals surface area contributed by atoms with Crippen molar-refractivity contribution in [3.8, 4) is 0 Å². The lowest BCUT2D eigenvalue weighted by Gasteiger charge is -2.08. The predicted molar refractivity (Wildman–Crippen MR) is 50.3 cm³/mol. The van der Waals surface area contributed by atoms with E-state index < -0.39 is 34.9 Å². The molecular weight excluding hydrogens is 221 g/mol. The highest BCUT2D eigenvalue weighted by molar-refractivity contribution is 5.68. The molecule has 0 amide bonds. The fourth-order valence-corrected chi connectivity index (χ4v) is 1.23. The van der Waals surface area contributed by atoms with E-state index >= 15 is 0 Å². The number of hydrogen-bond acceptors (Lipinski definition) is 4. The molecule has 0 saturated heterocycles. The van der Waals surface area contributed by atoms with Crippen LogP contribution in [-0.2, 0) is 4.79 Å². The molecule has 0 fully saturated rings. The molecule has 1 rings (SSSR count). The number of carbonyl (C=O) groups is 1. The standard InChI is InChI=1S/C9H8FNO5/c10-5-1-2-7(11(15)16)6(3-5)8(12)4-9(13)14/h1-3,8,12H,4H2,(H,13,14). The highest BCUT2D eigenvalue weighted by Gasteiger charge is 2.22. The molecule has 1 atom stereocenters. The third-order valence-corrected chi connectivity index (χ3v) is 1.91. The van der Waals surface area contributed by atoms with Gasteiger partial charge in [-0.2, -0.15) is 0 Å². The average molecular weight is 229 g/mol. The molecule has 1 aromatic rings. The van der Waals surface area contributed by atoms with Crippen LogP contribution in [0.25, 0.3) is 0 Å². The van der Waals surface area contributed by atoms with Crippen molar-refractivity contribution in [2.75, 3.05) is 0 Å². The Hall–Kier alpha value is -2.02. The maximum absolute atomic E-state index is 12.8. The maximum atomic E-state index is 12.8. The number of aliphatic hydroxyl groups is 1. The second kappa shape index (κ2) is 4.67. The van der Waals surface area contributed by atoms with Crippen molar-refractivity contribution in [2.45, 2.75) is 12.5 Å². The molecule has 0 aliphatic rings. The van der Waals surface area contributed by atoms with Crippen LogP contribution >= 0.6 is 0 Å². The molecule has 0 bridgehead atoms. The molecule has 0 aliphatic carbocycles. The number of aliphatic hydroxyl groups excluding tert-OH is 1. The summed E-state index contributed by atoms with van der Waals surface area (Å²) in [5, 5.41) is 28.4. The Morgan fingerprint density at radius 2 is 2.19 bits per heavy atom. The summed E-state index contributed by atoms with van der Waals surface area (Å²) in [6.07, 6.45) is -2.32. The van der Waals surface area contributed by atoms with Crippen molar-refractivity contribution in [3.63, 3.8) is 0 Å². The Balaban J connectivity index is 3.13. The van der Waals surface area contributed by atoms with Crippen LogP contribution in [0.15, 0.2) is 18.2 Å². The number of benzene rings is 1. The Bertz CT molecular complexity index is 434. The fourth-order valence-electron chi connectivity index (χ4n) is 1.23. The van der Waals surface area contributed by atoms with E-state index in [4.69, 9.17) is 5.11 Å². The SMILES string of the molecule is O=C(O)CC(O)c1cc(F)ccc1[N+](=O)[O-]. The van der Waals surface area contributed by atoms with Crippen molar-refractivity contribution in [1.29, 1.82) is 0 Å². The molecule has 16 heavy (non-hydrogen) atoms. The van der Waals surface area contributed by atoms with E-state index in [1.807, 2.05) is 0 Å². The quantitative estimate of drug-likeness (QED) is 0.597. The van der Waals surface area contributed by atoms with Crippen LogP contribution in [0, 0.1) is 15.9 Å². The van der Waals surface area contributed by atoms with E-state index in [2.05, 4.69) is 0 Å². The summed E-state index contributed by atoms with van der Waals surface area (Å²) in [5.41, 5.74) is -0.845. The monoisotopic (exact) mass is 229 g/mol. The minimum absolute atomic E-state index is 0.340. The lowest BCUT2D eigenvalue weighted by Crippen LogP contribution is -2.08. The van der Waals surface area contributed by atoms with Gasteiger partial charge in [-0.25, -0.2) is 4.39 Å². The molecule has 7 heteroatoms. The highest BCUT2D eigenvalue weighted by atomic mass is 19.1. The third kappa shape index (κ3) is 2.74. The number of rotatable bonds is 4. The summed E-state index contributed by atoms with van der Waals surface area (Å²) < 4.78 is 12.8. The van der Waals surface area contributed by atoms with Crippen LogP contribution in [-0.4, -0.2) is 21.1 Å². The molecule has 0 aromatic heterocycles. The van der Waals surface area contributed by atoms with Gasteiger partial charge in [-0.05, 0) is 12.1 Å². The minimum Gasteiger partial charge on any atom is -0.481 e. The molecule has 0 radical (unpaired) electrons. The molecule has 0 aliphatic heterocycles. The van der Waals surface area contributed by atoms with Gasteiger partial charge in [0.2, 0.25) is 0 Å². The molecule has 0 spiro atoms. The number of nitro benzene ring substituents is 1. The average Bonchev–Trinajstić information content (AvgIpc) is 2.15. The highest BCUT2D eigenvalue weighted by Crippen LogP contribution is 2.27. The third-order valence-electron chi connectivity index (χ3n) is 1.91. The van der Waals surface area contributed by atoms with Gasteiger partial charge in [0.1, 0.15) is 5.82 Å². The number of carboxylic acids is 1. The Morgan fingerprint density at radius 1 is 1.56 bits per heavy atom. The summed E-state index contributed by atoms with van der Waals surface area (Å²) in [6.45, 7) is 0. The van der Waals surface area contributed by atoms with E-state index in [0.29, 0.717) is 0 Å². The lowest BCUT2D eigenvalue weighted by molar-refractivity contribution is -0.386. The zero-order valence-corrected chi connectivity index (χ0v) is 7.96. The summed E-state index contributed by atoms with van der Waals surface area (Å²) >= 11 is 0. The zero-order chi connectivity index (χ0) is 12.3. The summed E-state index contributed by atoms with van der Waals surface area (Å²) in [4.78, 5) is 20.1. The Kier molecular flexibility index (Phi) is 3.51. The van der Waals surface area contributed by atoms with Gasteiger partial charge in [0, 0.05) is 6.07 Å². The van der Waals surface area contributed by atoms with Gasteiger partial charge in [0.05, 0.1) is 23.0 Å². The first-order valence-corrected chi connectivity index (χ1v) is 4.25. The number of nitro groups is 1. The number of halogens is 1. The van der Waals surface area contributed by atoms with Gasteiger partial charge < -0.3 is 10.2 Å². The van der Waals surface area contributed by atoms with Gasteiger partial charge in [0.25, 0.3) is 5.69 Å². The Morgan fingerprint density at radius 3 is 2.69 bits per heavy atom. The maximum Gasteiger partial charge on any atom is 0.306 e. The zero-order valence-electron chi connectivity index (χ0n) is 7.96. The molecular formula is C9H8FNO5. The molecule has 86 valence electrons. The van der Waals surface area contributed by atoms with E-state index in [1.165, 1.54) is 0 Å². The normalized spacial score (nSPS) is 12.1. The van der Waals surface area contributed by atoms with Crippen LogP contribution in [0.4, 0.5) is 10.1 Å². The molecule has 2 N–H and O–H groups in total. The first-order chi connectivity index (χ1) is 7.41. The van der Waals surface area contributed by atoms with Gasteiger partial charge >= 0.3 is 5.97 Å². The smallest absolute Gasteiger partial charge is 0.306 e. The van der Waals surface area contributed by atoms with Gasteiger partial charge in [-0.3, -0.25) is 14.9 Å². The minimum atomic E-state index is -1.60. The van der Waals surface area contributed by atoms with Crippen molar-refractivity contribution < 1.29 is 24.3 Å². The van der Waals surface area contributed by atoms with Crippen LogP contribution in [0.5, 0.6) is 0 Å². The second-order valence-corrected chi connectivity index (χ2v) is 3.07. The lowest BCUT2D eigenvalue weighted by atomic mass is 10.0. The van der Waals surface area contributed by atoms with E-state index in [0.717, 1.165) is 18.2 Å². The van der Waals surface area contributed by atoms with E-state index in [9.17, 15) is 24.4 Å². The predicted octanol–water partition coefficient (Wildman–Crippen LogP) is 1.24. The van der Waals surface area contributed by atoms with E-state index in [-0.39, 0.29) is 5.56 Å². The number of aliphatic carboxylic acids is 1. The van der Waals surface area contributed by atoms with Crippen molar-refractivity contribution in [2.24, 2.45) is 0 Å². The molecule has 6 nitrogen and oxygen atoms in total. The largest absolute Gasteiger partial charge is 0.481 e. The van der Waals surface area contributed by atoms with E-state index in [1.54, 1.807) is 0 Å². The van der Waals surface area contributed by atoms with Gasteiger partial charge in [-0.15, -0.1) is 0 Å². The van der Waals surface area contributed by atoms with Crippen LogP contribution in [0.3, 0.4) is 0 Å².